The number of hydrogen-bond acceptors (Lipinski definition) is 3. The first-order valence-electron chi connectivity index (χ1n) is 8.74. The molecule has 5 heteroatoms. The van der Waals surface area contributed by atoms with Gasteiger partial charge in [-0.05, 0) is 32.1 Å². The van der Waals surface area contributed by atoms with Crippen molar-refractivity contribution in [1.29, 1.82) is 0 Å². The van der Waals surface area contributed by atoms with E-state index in [0.717, 1.165) is 51.4 Å². The van der Waals surface area contributed by atoms with Crippen molar-refractivity contribution in [3.05, 3.63) is 0 Å². The van der Waals surface area contributed by atoms with Gasteiger partial charge in [0.05, 0.1) is 0 Å². The molecule has 2 aliphatic rings. The van der Waals surface area contributed by atoms with Gasteiger partial charge in [0.15, 0.2) is 0 Å². The van der Waals surface area contributed by atoms with Gasteiger partial charge in [0.1, 0.15) is 5.54 Å². The van der Waals surface area contributed by atoms with Gasteiger partial charge in [-0.25, -0.2) is 0 Å². The normalized spacial score (nSPS) is 21.3. The molecule has 22 heavy (non-hydrogen) atoms. The Hall–Kier alpha value is -1.39. The highest BCUT2D eigenvalue weighted by atomic mass is 16.2. The molecule has 2 N–H and O–H groups in total. The fourth-order valence-electron chi connectivity index (χ4n) is 3.62. The molecule has 0 spiro atoms. The van der Waals surface area contributed by atoms with Crippen LogP contribution >= 0.6 is 0 Å². The van der Waals surface area contributed by atoms with E-state index in [4.69, 9.17) is 0 Å². The van der Waals surface area contributed by atoms with Crippen molar-refractivity contribution in [2.24, 2.45) is 5.92 Å². The summed E-state index contributed by atoms with van der Waals surface area (Å²) in [4.78, 5) is 37.1. The van der Waals surface area contributed by atoms with Crippen LogP contribution in [0.5, 0.6) is 0 Å². The van der Waals surface area contributed by atoms with Crippen LogP contribution in [-0.2, 0) is 14.4 Å². The van der Waals surface area contributed by atoms with Gasteiger partial charge in [0.2, 0.25) is 11.7 Å². The molecule has 5 nitrogen and oxygen atoms in total. The van der Waals surface area contributed by atoms with E-state index in [1.165, 1.54) is 0 Å². The standard InChI is InChI=1S/C17H28N2O3/c1-2-12-18-16(22)17(10-6-3-7-11-17)19-15(21)14(20)13-8-4-5-9-13/h13H,2-12H2,1H3,(H,18,22)(H,19,21). The molecular weight excluding hydrogens is 280 g/mol. The smallest absolute Gasteiger partial charge is 0.288 e. The molecule has 2 aliphatic carbocycles. The highest BCUT2D eigenvalue weighted by molar-refractivity contribution is 6.37. The largest absolute Gasteiger partial charge is 0.354 e. The molecule has 124 valence electrons. The van der Waals surface area contributed by atoms with Crippen LogP contribution in [0, 0.1) is 5.92 Å². The second-order valence-electron chi connectivity index (χ2n) is 6.70. The molecule has 2 fully saturated rings. The summed E-state index contributed by atoms with van der Waals surface area (Å²) in [6.45, 7) is 2.60. The van der Waals surface area contributed by atoms with Crippen molar-refractivity contribution in [3.63, 3.8) is 0 Å². The Bertz CT molecular complexity index is 422. The van der Waals surface area contributed by atoms with Gasteiger partial charge in [-0.2, -0.15) is 0 Å². The van der Waals surface area contributed by atoms with E-state index in [1.54, 1.807) is 0 Å². The molecule has 0 heterocycles. The molecule has 0 aromatic heterocycles. The molecule has 0 aromatic carbocycles. The van der Waals surface area contributed by atoms with E-state index in [-0.39, 0.29) is 17.6 Å². The molecule has 0 bridgehead atoms. The summed E-state index contributed by atoms with van der Waals surface area (Å²) in [6.07, 6.45) is 8.68. The fraction of sp³-hybridized carbons (Fsp3) is 0.824. The van der Waals surface area contributed by atoms with Gasteiger partial charge in [0, 0.05) is 12.5 Å². The van der Waals surface area contributed by atoms with Gasteiger partial charge in [-0.3, -0.25) is 14.4 Å². The lowest BCUT2D eigenvalue weighted by atomic mass is 9.80. The van der Waals surface area contributed by atoms with Crippen molar-refractivity contribution in [3.8, 4) is 0 Å². The molecule has 0 atom stereocenters. The third-order valence-corrected chi connectivity index (χ3v) is 4.98. The number of carbonyl (C=O) groups excluding carboxylic acids is 3. The fourth-order valence-corrected chi connectivity index (χ4v) is 3.62. The maximum absolute atomic E-state index is 12.5. The number of amides is 2. The van der Waals surface area contributed by atoms with Crippen molar-refractivity contribution in [1.82, 2.24) is 10.6 Å². The van der Waals surface area contributed by atoms with Crippen LogP contribution in [0.15, 0.2) is 0 Å². The Morgan fingerprint density at radius 2 is 1.64 bits per heavy atom. The number of Topliss-reactive ketones (excluding diaryl/α,β-unsaturated/α-hetero) is 1. The highest BCUT2D eigenvalue weighted by Gasteiger charge is 2.42. The Morgan fingerprint density at radius 1 is 1.00 bits per heavy atom. The predicted molar refractivity (Wildman–Crippen MR) is 84.2 cm³/mol. The molecular formula is C17H28N2O3. The molecule has 2 saturated carbocycles. The first kappa shape index (κ1) is 17.0. The zero-order valence-electron chi connectivity index (χ0n) is 13.6. The lowest BCUT2D eigenvalue weighted by molar-refractivity contribution is -0.144. The SMILES string of the molecule is CCCNC(=O)C1(NC(=O)C(=O)C2CCCC2)CCCCC1. The second kappa shape index (κ2) is 7.75. The van der Waals surface area contributed by atoms with Crippen LogP contribution < -0.4 is 10.6 Å². The Balaban J connectivity index is 2.03. The Kier molecular flexibility index (Phi) is 5.98. The number of rotatable bonds is 6. The average molecular weight is 308 g/mol. The third-order valence-electron chi connectivity index (χ3n) is 4.98. The summed E-state index contributed by atoms with van der Waals surface area (Å²) in [7, 11) is 0. The van der Waals surface area contributed by atoms with E-state index >= 15 is 0 Å². The summed E-state index contributed by atoms with van der Waals surface area (Å²) in [5, 5.41) is 5.71. The van der Waals surface area contributed by atoms with Crippen LogP contribution in [0.4, 0.5) is 0 Å². The monoisotopic (exact) mass is 308 g/mol. The first-order chi connectivity index (χ1) is 10.6. The molecule has 0 aromatic rings. The van der Waals surface area contributed by atoms with E-state index in [9.17, 15) is 14.4 Å². The van der Waals surface area contributed by atoms with Crippen LogP contribution in [0.1, 0.15) is 71.1 Å². The summed E-state index contributed by atoms with van der Waals surface area (Å²) in [5.41, 5.74) is -0.876. The minimum atomic E-state index is -0.876. The van der Waals surface area contributed by atoms with E-state index in [1.807, 2.05) is 6.92 Å². The molecule has 2 amide bonds. The highest BCUT2D eigenvalue weighted by Crippen LogP contribution is 2.30. The summed E-state index contributed by atoms with van der Waals surface area (Å²) >= 11 is 0. The number of hydrogen-bond donors (Lipinski definition) is 2. The van der Waals surface area contributed by atoms with Crippen LogP contribution in [0.25, 0.3) is 0 Å². The molecule has 2 rings (SSSR count). The summed E-state index contributed by atoms with van der Waals surface area (Å²) in [5.74, 6) is -1.15. The maximum atomic E-state index is 12.5. The van der Waals surface area contributed by atoms with Gasteiger partial charge in [0.25, 0.3) is 5.91 Å². The molecule has 0 aliphatic heterocycles. The van der Waals surface area contributed by atoms with Crippen LogP contribution in [-0.4, -0.2) is 29.7 Å². The number of carbonyl (C=O) groups is 3. The molecule has 0 saturated heterocycles. The van der Waals surface area contributed by atoms with E-state index in [2.05, 4.69) is 10.6 Å². The van der Waals surface area contributed by atoms with E-state index in [0.29, 0.717) is 19.4 Å². The Morgan fingerprint density at radius 3 is 2.23 bits per heavy atom. The summed E-state index contributed by atoms with van der Waals surface area (Å²) in [6, 6.07) is 0. The third kappa shape index (κ3) is 3.87. The zero-order valence-corrected chi connectivity index (χ0v) is 13.6. The van der Waals surface area contributed by atoms with Crippen molar-refractivity contribution >= 4 is 17.6 Å². The van der Waals surface area contributed by atoms with Crippen LogP contribution in [0.2, 0.25) is 0 Å². The average Bonchev–Trinajstić information content (AvgIpc) is 3.07. The number of nitrogens with one attached hydrogen (secondary N) is 2. The first-order valence-corrected chi connectivity index (χ1v) is 8.74. The van der Waals surface area contributed by atoms with Gasteiger partial charge in [-0.1, -0.05) is 39.0 Å². The lowest BCUT2D eigenvalue weighted by Crippen LogP contribution is -2.61. The topological polar surface area (TPSA) is 75.3 Å². The lowest BCUT2D eigenvalue weighted by Gasteiger charge is -2.36. The quantitative estimate of drug-likeness (QED) is 0.738. The van der Waals surface area contributed by atoms with Crippen molar-refractivity contribution in [2.45, 2.75) is 76.7 Å². The van der Waals surface area contributed by atoms with Gasteiger partial charge < -0.3 is 10.6 Å². The van der Waals surface area contributed by atoms with Gasteiger partial charge >= 0.3 is 0 Å². The minimum absolute atomic E-state index is 0.123. The van der Waals surface area contributed by atoms with Gasteiger partial charge in [-0.15, -0.1) is 0 Å². The Labute approximate surface area is 132 Å². The van der Waals surface area contributed by atoms with Crippen molar-refractivity contribution < 1.29 is 14.4 Å². The zero-order chi connectivity index (χ0) is 16.0. The second-order valence-corrected chi connectivity index (χ2v) is 6.70. The minimum Gasteiger partial charge on any atom is -0.354 e. The van der Waals surface area contributed by atoms with Crippen molar-refractivity contribution in [2.75, 3.05) is 6.54 Å². The molecule has 0 unspecified atom stereocenters. The predicted octanol–water partition coefficient (Wildman–Crippen LogP) is 2.09. The van der Waals surface area contributed by atoms with E-state index < -0.39 is 11.4 Å². The van der Waals surface area contributed by atoms with Crippen LogP contribution in [0.3, 0.4) is 0 Å². The number of ketones is 1. The maximum Gasteiger partial charge on any atom is 0.288 e. The summed E-state index contributed by atoms with van der Waals surface area (Å²) < 4.78 is 0. The molecule has 0 radical (unpaired) electrons.